The third kappa shape index (κ3) is 3.22. The van der Waals surface area contributed by atoms with E-state index in [-0.39, 0.29) is 0 Å². The van der Waals surface area contributed by atoms with Gasteiger partial charge < -0.3 is 10.2 Å². The summed E-state index contributed by atoms with van der Waals surface area (Å²) in [5.74, 6) is -38.0. The Morgan fingerprint density at radius 3 is 1.28 bits per heavy atom. The molecule has 0 aliphatic carbocycles. The van der Waals surface area contributed by atoms with Crippen LogP contribution < -0.4 is 0 Å². The van der Waals surface area contributed by atoms with Crippen LogP contribution in [0.3, 0.4) is 0 Å². The summed E-state index contributed by atoms with van der Waals surface area (Å²) in [6.45, 7) is -1.99. The van der Waals surface area contributed by atoms with Crippen LogP contribution in [-0.4, -0.2) is 46.0 Å². The number of halogens is 13. The third-order valence-electron chi connectivity index (χ3n) is 4.49. The summed E-state index contributed by atoms with van der Waals surface area (Å²) in [5.41, 5.74) is -6.18. The number of hydrogen-bond acceptors (Lipinski definition) is 4. The first-order chi connectivity index (χ1) is 14.2. The number of alkyl halides is 13. The molecule has 1 aliphatic rings. The second-order valence-electron chi connectivity index (χ2n) is 6.60. The number of benzene rings is 1. The molecule has 0 saturated carbocycles. The molecule has 0 saturated heterocycles. The van der Waals surface area contributed by atoms with E-state index in [0.717, 1.165) is 6.07 Å². The van der Waals surface area contributed by atoms with E-state index >= 15 is 0 Å². The first-order valence-electron chi connectivity index (χ1n) is 7.93. The van der Waals surface area contributed by atoms with Gasteiger partial charge in [-0.2, -0.15) is 57.1 Å². The molecule has 0 spiro atoms. The molecule has 0 radical (unpaired) electrons. The molecular weight excluding hydrogens is 487 g/mol. The van der Waals surface area contributed by atoms with Gasteiger partial charge in [-0.3, -0.25) is 0 Å². The number of aliphatic hydroxyl groups is 2. The lowest BCUT2D eigenvalue weighted by Gasteiger charge is -2.40. The first-order valence-corrected chi connectivity index (χ1v) is 7.93. The second kappa shape index (κ2) is 7.16. The Balaban J connectivity index is 2.64. The van der Waals surface area contributed by atoms with Crippen LogP contribution in [0.2, 0.25) is 0 Å². The van der Waals surface area contributed by atoms with Crippen molar-refractivity contribution in [1.82, 2.24) is 0 Å². The van der Waals surface area contributed by atoms with Gasteiger partial charge in [-0.15, -0.1) is 10.2 Å². The Morgan fingerprint density at radius 1 is 0.594 bits per heavy atom. The molecule has 0 amide bonds. The molecule has 2 N–H and O–H groups in total. The Bertz CT molecular complexity index is 883. The van der Waals surface area contributed by atoms with E-state index in [1.54, 1.807) is 0 Å². The van der Waals surface area contributed by atoms with Crippen LogP contribution in [-0.2, 0) is 18.9 Å². The maximum atomic E-state index is 14.5. The number of hydrogen-bond donors (Lipinski definition) is 2. The Kier molecular flexibility index (Phi) is 5.84. The fraction of sp³-hybridized carbons (Fsp3) is 0.600. The topological polar surface area (TPSA) is 65.2 Å². The molecule has 0 bridgehead atoms. The standard InChI is InChI=1S/C15H9F13N2O2/c16-10(17,9(29-30-9)8-2-6(4-31)1-7(3-8)5-32)11(18,19)12(20,21)13(22,23)14(24,25)15(26,27)28/h1-3,31-32H,4-5H2. The van der Waals surface area contributed by atoms with Crippen LogP contribution in [0.15, 0.2) is 28.4 Å². The summed E-state index contributed by atoms with van der Waals surface area (Å²) in [6, 6.07) is 1.76. The van der Waals surface area contributed by atoms with Gasteiger partial charge in [0, 0.05) is 5.56 Å². The lowest BCUT2D eigenvalue weighted by molar-refractivity contribution is -0.442. The molecule has 0 fully saturated rings. The molecule has 32 heavy (non-hydrogen) atoms. The Hall–Kier alpha value is -2.17. The van der Waals surface area contributed by atoms with Crippen LogP contribution in [0, 0.1) is 0 Å². The highest BCUT2D eigenvalue weighted by Crippen LogP contribution is 2.66. The zero-order valence-electron chi connectivity index (χ0n) is 14.8. The summed E-state index contributed by atoms with van der Waals surface area (Å²) >= 11 is 0. The van der Waals surface area contributed by atoms with Gasteiger partial charge in [-0.25, -0.2) is 0 Å². The Morgan fingerprint density at radius 2 is 0.969 bits per heavy atom. The molecule has 2 rings (SSSR count). The van der Waals surface area contributed by atoms with Gasteiger partial charge in [-0.05, 0) is 23.3 Å². The van der Waals surface area contributed by atoms with Crippen molar-refractivity contribution in [1.29, 1.82) is 0 Å². The molecule has 1 heterocycles. The van der Waals surface area contributed by atoms with Gasteiger partial charge >= 0.3 is 35.8 Å². The van der Waals surface area contributed by atoms with Gasteiger partial charge in [0.25, 0.3) is 5.66 Å². The normalized spacial score (nSPS) is 17.6. The summed E-state index contributed by atoms with van der Waals surface area (Å²) < 4.78 is 174. The van der Waals surface area contributed by atoms with Crippen molar-refractivity contribution in [3.8, 4) is 0 Å². The number of rotatable bonds is 8. The molecule has 1 aliphatic heterocycles. The fourth-order valence-electron chi connectivity index (χ4n) is 2.61. The van der Waals surface area contributed by atoms with E-state index in [0.29, 0.717) is 12.1 Å². The van der Waals surface area contributed by atoms with Crippen molar-refractivity contribution in [3.63, 3.8) is 0 Å². The lowest BCUT2D eigenvalue weighted by atomic mass is 9.85. The van der Waals surface area contributed by atoms with E-state index in [4.69, 9.17) is 10.2 Å². The van der Waals surface area contributed by atoms with E-state index in [9.17, 15) is 57.1 Å². The van der Waals surface area contributed by atoms with Crippen molar-refractivity contribution in [2.45, 2.75) is 54.7 Å². The zero-order valence-corrected chi connectivity index (χ0v) is 14.8. The minimum absolute atomic E-state index is 0.400. The minimum Gasteiger partial charge on any atom is -0.392 e. The van der Waals surface area contributed by atoms with E-state index < -0.39 is 71.4 Å². The minimum atomic E-state index is -8.04. The van der Waals surface area contributed by atoms with Crippen molar-refractivity contribution in [2.75, 3.05) is 0 Å². The van der Waals surface area contributed by atoms with E-state index in [1.165, 1.54) is 0 Å². The van der Waals surface area contributed by atoms with Crippen molar-refractivity contribution < 1.29 is 67.3 Å². The predicted octanol–water partition coefficient (Wildman–Crippen LogP) is 5.03. The predicted molar refractivity (Wildman–Crippen MR) is 75.6 cm³/mol. The lowest BCUT2D eigenvalue weighted by Crippen LogP contribution is -2.71. The SMILES string of the molecule is OCc1cc(CO)cc(C2(C(F)(F)C(F)(F)C(F)(F)C(F)(F)C(F)(F)C(F)(F)F)N=N2)c1. The monoisotopic (exact) mass is 496 g/mol. The molecule has 4 nitrogen and oxygen atoms in total. The largest absolute Gasteiger partial charge is 0.460 e. The Labute approximate surface area is 168 Å². The molecule has 0 atom stereocenters. The van der Waals surface area contributed by atoms with Crippen LogP contribution in [0.5, 0.6) is 0 Å². The summed E-state index contributed by atoms with van der Waals surface area (Å²) in [4.78, 5) is 0. The van der Waals surface area contributed by atoms with Gasteiger partial charge in [0.05, 0.1) is 13.2 Å². The summed E-state index contributed by atoms with van der Waals surface area (Å²) in [6.07, 6.45) is -7.51. The van der Waals surface area contributed by atoms with Gasteiger partial charge in [0.15, 0.2) is 0 Å². The van der Waals surface area contributed by atoms with Crippen molar-refractivity contribution in [3.05, 3.63) is 34.9 Å². The molecular formula is C15H9F13N2O2. The fourth-order valence-corrected chi connectivity index (χ4v) is 2.61. The maximum absolute atomic E-state index is 14.5. The first kappa shape index (κ1) is 26.1. The van der Waals surface area contributed by atoms with Crippen LogP contribution in [0.1, 0.15) is 16.7 Å². The van der Waals surface area contributed by atoms with Crippen molar-refractivity contribution in [2.24, 2.45) is 10.2 Å². The highest BCUT2D eigenvalue weighted by Gasteiger charge is 2.94. The highest BCUT2D eigenvalue weighted by atomic mass is 19.4. The second-order valence-corrected chi connectivity index (χ2v) is 6.60. The highest BCUT2D eigenvalue weighted by molar-refractivity contribution is 5.39. The number of nitrogens with zero attached hydrogens (tertiary/aromatic N) is 2. The average molecular weight is 496 g/mol. The molecule has 1 aromatic rings. The number of aliphatic hydroxyl groups excluding tert-OH is 2. The zero-order chi connectivity index (χ0) is 25.2. The van der Waals surface area contributed by atoms with E-state index in [2.05, 4.69) is 10.2 Å². The maximum Gasteiger partial charge on any atom is 0.460 e. The molecule has 17 heteroatoms. The summed E-state index contributed by atoms with van der Waals surface area (Å²) in [5, 5.41) is 23.0. The smallest absolute Gasteiger partial charge is 0.392 e. The third-order valence-corrected chi connectivity index (χ3v) is 4.49. The van der Waals surface area contributed by atoms with Crippen LogP contribution >= 0.6 is 0 Å². The van der Waals surface area contributed by atoms with Crippen molar-refractivity contribution >= 4 is 0 Å². The molecule has 0 aromatic heterocycles. The molecule has 0 unspecified atom stereocenters. The van der Waals surface area contributed by atoms with Gasteiger partial charge in [0.1, 0.15) is 0 Å². The van der Waals surface area contributed by atoms with Gasteiger partial charge in [-0.1, -0.05) is 6.07 Å². The average Bonchev–Trinajstić information content (AvgIpc) is 3.48. The van der Waals surface area contributed by atoms with Crippen LogP contribution in [0.25, 0.3) is 0 Å². The molecule has 1 aromatic carbocycles. The summed E-state index contributed by atoms with van der Waals surface area (Å²) in [7, 11) is 0. The van der Waals surface area contributed by atoms with E-state index in [1.807, 2.05) is 0 Å². The van der Waals surface area contributed by atoms with Crippen LogP contribution in [0.4, 0.5) is 57.1 Å². The quantitative estimate of drug-likeness (QED) is 0.497. The van der Waals surface area contributed by atoms with Gasteiger partial charge in [0.2, 0.25) is 0 Å². The molecule has 182 valence electrons.